The Labute approximate surface area is 123 Å². The van der Waals surface area contributed by atoms with Gasteiger partial charge in [-0.3, -0.25) is 0 Å². The number of isocyanates is 1. The molecule has 1 aromatic rings. The molecule has 0 radical (unpaired) electrons. The Morgan fingerprint density at radius 1 is 1.43 bits per heavy atom. The molecule has 21 heavy (non-hydrogen) atoms. The summed E-state index contributed by atoms with van der Waals surface area (Å²) in [6, 6.07) is 6.13. The molecule has 1 aliphatic rings. The topological polar surface area (TPSA) is 90.6 Å². The zero-order valence-electron chi connectivity index (χ0n) is 11.6. The minimum atomic E-state index is -3.63. The Kier molecular flexibility index (Phi) is 4.53. The van der Waals surface area contributed by atoms with Crippen molar-refractivity contribution in [3.05, 3.63) is 29.3 Å². The van der Waals surface area contributed by atoms with Crippen LogP contribution in [0.2, 0.25) is 0 Å². The molecule has 110 valence electrons. The molecule has 0 N–H and O–H groups in total. The number of aryl methyl sites for hydroxylation is 1. The molecule has 0 bridgehead atoms. The molecule has 1 atom stereocenters. The minimum absolute atomic E-state index is 0.162. The van der Waals surface area contributed by atoms with Gasteiger partial charge < -0.3 is 0 Å². The van der Waals surface area contributed by atoms with E-state index in [1.807, 2.05) is 6.07 Å². The van der Waals surface area contributed by atoms with E-state index in [0.29, 0.717) is 30.5 Å². The van der Waals surface area contributed by atoms with Crippen molar-refractivity contribution in [3.8, 4) is 6.07 Å². The highest BCUT2D eigenvalue weighted by molar-refractivity contribution is 7.89. The van der Waals surface area contributed by atoms with Crippen molar-refractivity contribution in [3.63, 3.8) is 0 Å². The third-order valence-electron chi connectivity index (χ3n) is 3.55. The fraction of sp³-hybridized carbons (Fsp3) is 0.429. The number of rotatable bonds is 3. The van der Waals surface area contributed by atoms with Gasteiger partial charge >= 0.3 is 0 Å². The zero-order chi connectivity index (χ0) is 15.5. The number of nitriles is 1. The number of aliphatic imine (C=N–C) groups is 1. The molecule has 0 aromatic heterocycles. The summed E-state index contributed by atoms with van der Waals surface area (Å²) >= 11 is 0. The number of hydrogen-bond acceptors (Lipinski definition) is 5. The van der Waals surface area contributed by atoms with Crippen molar-refractivity contribution >= 4 is 16.1 Å². The van der Waals surface area contributed by atoms with Gasteiger partial charge in [0, 0.05) is 13.1 Å². The van der Waals surface area contributed by atoms with Crippen LogP contribution < -0.4 is 0 Å². The van der Waals surface area contributed by atoms with Gasteiger partial charge in [-0.1, -0.05) is 0 Å². The van der Waals surface area contributed by atoms with E-state index in [-0.39, 0.29) is 17.5 Å². The summed E-state index contributed by atoms with van der Waals surface area (Å²) in [4.78, 5) is 14.1. The Balaban J connectivity index is 2.31. The second kappa shape index (κ2) is 6.19. The lowest BCUT2D eigenvalue weighted by molar-refractivity contribution is 0.316. The second-order valence-electron chi connectivity index (χ2n) is 4.97. The number of carbonyl (C=O) groups excluding carboxylic acids is 1. The summed E-state index contributed by atoms with van der Waals surface area (Å²) in [5.74, 6) is 0. The van der Waals surface area contributed by atoms with E-state index >= 15 is 0 Å². The van der Waals surface area contributed by atoms with Gasteiger partial charge in [-0.05, 0) is 43.5 Å². The SMILES string of the molecule is Cc1cc(S(=O)(=O)N2CCCC(N=C=O)C2)ccc1C#N. The number of sulfonamides is 1. The predicted octanol–water partition coefficient (Wildman–Crippen LogP) is 1.36. The molecule has 1 unspecified atom stereocenters. The monoisotopic (exact) mass is 305 g/mol. The summed E-state index contributed by atoms with van der Waals surface area (Å²) in [7, 11) is -3.63. The lowest BCUT2D eigenvalue weighted by Gasteiger charge is -2.29. The number of hydrogen-bond donors (Lipinski definition) is 0. The van der Waals surface area contributed by atoms with Crippen molar-refractivity contribution in [1.29, 1.82) is 5.26 Å². The van der Waals surface area contributed by atoms with Crippen LogP contribution in [0.1, 0.15) is 24.0 Å². The third-order valence-corrected chi connectivity index (χ3v) is 5.41. The first-order chi connectivity index (χ1) is 9.98. The smallest absolute Gasteiger partial charge is 0.211 e. The molecule has 7 heteroatoms. The third kappa shape index (κ3) is 3.19. The van der Waals surface area contributed by atoms with Crippen LogP contribution in [0.3, 0.4) is 0 Å². The van der Waals surface area contributed by atoms with Crippen LogP contribution in [0.25, 0.3) is 0 Å². The zero-order valence-corrected chi connectivity index (χ0v) is 12.4. The van der Waals surface area contributed by atoms with Crippen molar-refractivity contribution < 1.29 is 13.2 Å². The first-order valence-corrected chi connectivity index (χ1v) is 8.01. The summed E-state index contributed by atoms with van der Waals surface area (Å²) in [5.41, 5.74) is 1.08. The lowest BCUT2D eigenvalue weighted by atomic mass is 10.1. The van der Waals surface area contributed by atoms with E-state index in [4.69, 9.17) is 5.26 Å². The molecule has 0 spiro atoms. The molecule has 1 heterocycles. The van der Waals surface area contributed by atoms with Gasteiger partial charge in [-0.25, -0.2) is 18.2 Å². The van der Waals surface area contributed by atoms with E-state index in [1.165, 1.54) is 28.6 Å². The number of piperidine rings is 1. The Morgan fingerprint density at radius 2 is 2.19 bits per heavy atom. The van der Waals surface area contributed by atoms with Crippen molar-refractivity contribution in [2.24, 2.45) is 4.99 Å². The molecular weight excluding hydrogens is 290 g/mol. The second-order valence-corrected chi connectivity index (χ2v) is 6.91. The molecule has 1 aliphatic heterocycles. The maximum atomic E-state index is 12.6. The molecule has 1 fully saturated rings. The van der Waals surface area contributed by atoms with Crippen LogP contribution in [0.5, 0.6) is 0 Å². The quantitative estimate of drug-likeness (QED) is 0.622. The van der Waals surface area contributed by atoms with Gasteiger partial charge in [0.05, 0.1) is 22.6 Å². The van der Waals surface area contributed by atoms with Crippen LogP contribution in [-0.4, -0.2) is 37.9 Å². The highest BCUT2D eigenvalue weighted by Crippen LogP contribution is 2.23. The Hall–Kier alpha value is -2.00. The fourth-order valence-electron chi connectivity index (χ4n) is 2.39. The van der Waals surface area contributed by atoms with Crippen molar-refractivity contribution in [2.75, 3.05) is 13.1 Å². The highest BCUT2D eigenvalue weighted by Gasteiger charge is 2.30. The molecule has 1 aromatic carbocycles. The maximum absolute atomic E-state index is 12.6. The Bertz CT molecular complexity index is 730. The predicted molar refractivity (Wildman–Crippen MR) is 75.8 cm³/mol. The normalized spacial score (nSPS) is 19.5. The van der Waals surface area contributed by atoms with E-state index in [1.54, 1.807) is 6.92 Å². The van der Waals surface area contributed by atoms with Crippen LogP contribution in [-0.2, 0) is 14.8 Å². The molecule has 0 amide bonds. The van der Waals surface area contributed by atoms with Crippen molar-refractivity contribution in [1.82, 2.24) is 4.31 Å². The highest BCUT2D eigenvalue weighted by atomic mass is 32.2. The van der Waals surface area contributed by atoms with Gasteiger partial charge in [0.25, 0.3) is 0 Å². The van der Waals surface area contributed by atoms with E-state index in [9.17, 15) is 13.2 Å². The molecular formula is C14H15N3O3S. The standard InChI is InChI=1S/C14H15N3O3S/c1-11-7-14(5-4-12(11)8-15)21(19,20)17-6-2-3-13(9-17)16-10-18/h4-5,7,13H,2-3,6,9H2,1H3. The van der Waals surface area contributed by atoms with Crippen LogP contribution in [0.15, 0.2) is 28.1 Å². The summed E-state index contributed by atoms with van der Waals surface area (Å²) in [6.45, 7) is 2.30. The molecule has 0 aliphatic carbocycles. The van der Waals surface area contributed by atoms with E-state index < -0.39 is 10.0 Å². The number of benzene rings is 1. The van der Waals surface area contributed by atoms with E-state index in [2.05, 4.69) is 4.99 Å². The van der Waals surface area contributed by atoms with Crippen LogP contribution in [0.4, 0.5) is 0 Å². The van der Waals surface area contributed by atoms with Gasteiger partial charge in [0.1, 0.15) is 0 Å². The largest absolute Gasteiger partial charge is 0.243 e. The summed E-state index contributed by atoms with van der Waals surface area (Å²) in [5, 5.41) is 8.90. The fourth-order valence-corrected chi connectivity index (χ4v) is 3.99. The first kappa shape index (κ1) is 15.4. The van der Waals surface area contributed by atoms with E-state index in [0.717, 1.165) is 0 Å². The molecule has 6 nitrogen and oxygen atoms in total. The first-order valence-electron chi connectivity index (χ1n) is 6.57. The van der Waals surface area contributed by atoms with Gasteiger partial charge in [-0.15, -0.1) is 0 Å². The summed E-state index contributed by atoms with van der Waals surface area (Å²) < 4.78 is 26.5. The lowest BCUT2D eigenvalue weighted by Crippen LogP contribution is -2.41. The summed E-state index contributed by atoms with van der Waals surface area (Å²) in [6.07, 6.45) is 2.84. The van der Waals surface area contributed by atoms with Gasteiger partial charge in [-0.2, -0.15) is 9.57 Å². The van der Waals surface area contributed by atoms with Crippen molar-refractivity contribution in [2.45, 2.75) is 30.7 Å². The average Bonchev–Trinajstić information content (AvgIpc) is 2.48. The van der Waals surface area contributed by atoms with Gasteiger partial charge in [0.15, 0.2) is 0 Å². The average molecular weight is 305 g/mol. The number of nitrogens with zero attached hydrogens (tertiary/aromatic N) is 3. The Morgan fingerprint density at radius 3 is 2.81 bits per heavy atom. The van der Waals surface area contributed by atoms with Crippen LogP contribution in [0, 0.1) is 18.3 Å². The van der Waals surface area contributed by atoms with Crippen LogP contribution >= 0.6 is 0 Å². The molecule has 1 saturated heterocycles. The maximum Gasteiger partial charge on any atom is 0.243 e. The molecule has 2 rings (SSSR count). The minimum Gasteiger partial charge on any atom is -0.211 e. The van der Waals surface area contributed by atoms with Gasteiger partial charge in [0.2, 0.25) is 16.1 Å². The molecule has 0 saturated carbocycles.